The molecule has 1 saturated carbocycles. The Bertz CT molecular complexity index is 317. The highest BCUT2D eigenvalue weighted by Gasteiger charge is 2.61. The van der Waals surface area contributed by atoms with Gasteiger partial charge in [0.25, 0.3) is 0 Å². The van der Waals surface area contributed by atoms with Crippen LogP contribution in [0.5, 0.6) is 0 Å². The van der Waals surface area contributed by atoms with E-state index in [0.717, 1.165) is 6.42 Å². The first kappa shape index (κ1) is 9.87. The van der Waals surface area contributed by atoms with Gasteiger partial charge in [0.1, 0.15) is 17.6 Å². The lowest BCUT2D eigenvalue weighted by Crippen LogP contribution is -2.31. The van der Waals surface area contributed by atoms with Gasteiger partial charge in [-0.05, 0) is 20.3 Å². The topological polar surface area (TPSA) is 44.8 Å². The molecule has 3 rings (SSSR count). The van der Waals surface area contributed by atoms with Gasteiger partial charge < -0.3 is 14.2 Å². The number of carbonyl (C=O) groups excluding carboxylic acids is 1. The van der Waals surface area contributed by atoms with Crippen molar-refractivity contribution >= 4 is 17.6 Å². The van der Waals surface area contributed by atoms with E-state index in [1.807, 2.05) is 13.8 Å². The largest absolute Gasteiger partial charge is 0.458 e. The third kappa shape index (κ3) is 1.31. The van der Waals surface area contributed by atoms with Gasteiger partial charge in [-0.2, -0.15) is 0 Å². The Morgan fingerprint density at radius 3 is 2.80 bits per heavy atom. The first-order valence-electron chi connectivity index (χ1n) is 5.18. The number of hydrogen-bond donors (Lipinski definition) is 0. The SMILES string of the molecule is CC1(C)OC2CC3[C@H](OC(=O)[C@@H]3Cl)C2O1. The minimum atomic E-state index is -0.572. The van der Waals surface area contributed by atoms with E-state index in [1.165, 1.54) is 0 Å². The molecule has 0 radical (unpaired) electrons. The molecule has 0 aromatic rings. The fourth-order valence-corrected chi connectivity index (χ4v) is 3.08. The maximum Gasteiger partial charge on any atom is 0.324 e. The first-order chi connectivity index (χ1) is 6.98. The Morgan fingerprint density at radius 2 is 2.07 bits per heavy atom. The van der Waals surface area contributed by atoms with Gasteiger partial charge in [0, 0.05) is 5.92 Å². The lowest BCUT2D eigenvalue weighted by molar-refractivity contribution is -0.169. The number of rotatable bonds is 0. The highest BCUT2D eigenvalue weighted by molar-refractivity contribution is 6.30. The Morgan fingerprint density at radius 1 is 1.33 bits per heavy atom. The van der Waals surface area contributed by atoms with Crippen molar-refractivity contribution in [3.8, 4) is 0 Å². The van der Waals surface area contributed by atoms with Crippen molar-refractivity contribution in [1.29, 1.82) is 0 Å². The third-order valence-electron chi connectivity index (χ3n) is 3.33. The summed E-state index contributed by atoms with van der Waals surface area (Å²) < 4.78 is 16.7. The lowest BCUT2D eigenvalue weighted by Gasteiger charge is -2.21. The van der Waals surface area contributed by atoms with Crippen LogP contribution in [0.4, 0.5) is 0 Å². The monoisotopic (exact) mass is 232 g/mol. The summed E-state index contributed by atoms with van der Waals surface area (Å²) >= 11 is 5.96. The van der Waals surface area contributed by atoms with Gasteiger partial charge in [-0.3, -0.25) is 4.79 Å². The van der Waals surface area contributed by atoms with E-state index >= 15 is 0 Å². The van der Waals surface area contributed by atoms with Crippen LogP contribution < -0.4 is 0 Å². The predicted molar refractivity (Wildman–Crippen MR) is 51.5 cm³/mol. The molecule has 1 aliphatic carbocycles. The lowest BCUT2D eigenvalue weighted by atomic mass is 10.0. The summed E-state index contributed by atoms with van der Waals surface area (Å²) in [4.78, 5) is 11.3. The molecule has 5 atom stereocenters. The molecular weight excluding hydrogens is 220 g/mol. The van der Waals surface area contributed by atoms with E-state index in [0.29, 0.717) is 0 Å². The van der Waals surface area contributed by atoms with E-state index in [9.17, 15) is 4.79 Å². The van der Waals surface area contributed by atoms with Crippen molar-refractivity contribution < 1.29 is 19.0 Å². The van der Waals surface area contributed by atoms with Crippen molar-refractivity contribution in [2.24, 2.45) is 5.92 Å². The average molecular weight is 233 g/mol. The average Bonchev–Trinajstić information content (AvgIpc) is 2.66. The van der Waals surface area contributed by atoms with Gasteiger partial charge in [-0.15, -0.1) is 11.6 Å². The van der Waals surface area contributed by atoms with Crippen molar-refractivity contribution in [2.75, 3.05) is 0 Å². The van der Waals surface area contributed by atoms with Gasteiger partial charge in [0.15, 0.2) is 5.79 Å². The summed E-state index contributed by atoms with van der Waals surface area (Å²) in [5.74, 6) is -0.847. The first-order valence-corrected chi connectivity index (χ1v) is 5.62. The number of halogens is 1. The molecule has 0 aromatic heterocycles. The Labute approximate surface area is 92.8 Å². The summed E-state index contributed by atoms with van der Waals surface area (Å²) in [5, 5.41) is -0.532. The number of hydrogen-bond acceptors (Lipinski definition) is 4. The van der Waals surface area contributed by atoms with Crippen LogP contribution in [0, 0.1) is 5.92 Å². The number of fused-ring (bicyclic) bond motifs is 3. The maximum atomic E-state index is 11.3. The van der Waals surface area contributed by atoms with Gasteiger partial charge >= 0.3 is 5.97 Å². The Hall–Kier alpha value is -0.320. The quantitative estimate of drug-likeness (QED) is 0.463. The summed E-state index contributed by atoms with van der Waals surface area (Å²) in [6, 6.07) is 0. The number of alkyl halides is 1. The molecule has 0 bridgehead atoms. The van der Waals surface area contributed by atoms with E-state index < -0.39 is 11.2 Å². The fourth-order valence-electron chi connectivity index (χ4n) is 2.78. The van der Waals surface area contributed by atoms with Crippen LogP contribution >= 0.6 is 11.6 Å². The summed E-state index contributed by atoms with van der Waals surface area (Å²) in [7, 11) is 0. The van der Waals surface area contributed by atoms with Gasteiger partial charge in [0.05, 0.1) is 6.10 Å². The molecule has 3 aliphatic rings. The second-order valence-corrected chi connectivity index (χ2v) is 5.31. The zero-order valence-electron chi connectivity index (χ0n) is 8.60. The molecule has 0 amide bonds. The molecule has 0 N–H and O–H groups in total. The molecule has 0 aromatic carbocycles. The molecule has 5 heteroatoms. The molecule has 0 spiro atoms. The smallest absolute Gasteiger partial charge is 0.324 e. The zero-order valence-corrected chi connectivity index (χ0v) is 9.36. The van der Waals surface area contributed by atoms with Crippen LogP contribution in [0.2, 0.25) is 0 Å². The van der Waals surface area contributed by atoms with Crippen LogP contribution in [0.1, 0.15) is 20.3 Å². The molecule has 84 valence electrons. The van der Waals surface area contributed by atoms with Gasteiger partial charge in [0.2, 0.25) is 0 Å². The van der Waals surface area contributed by atoms with Crippen LogP contribution in [0.15, 0.2) is 0 Å². The van der Waals surface area contributed by atoms with Gasteiger partial charge in [-0.1, -0.05) is 0 Å². The van der Waals surface area contributed by atoms with E-state index in [2.05, 4.69) is 0 Å². The van der Waals surface area contributed by atoms with Gasteiger partial charge in [-0.25, -0.2) is 0 Å². The van der Waals surface area contributed by atoms with Crippen molar-refractivity contribution in [1.82, 2.24) is 0 Å². The van der Waals surface area contributed by atoms with E-state index in [4.69, 9.17) is 25.8 Å². The molecule has 4 nitrogen and oxygen atoms in total. The third-order valence-corrected chi connectivity index (χ3v) is 3.83. The molecule has 2 aliphatic heterocycles. The predicted octanol–water partition coefficient (Wildman–Crippen LogP) is 1.06. The molecule has 2 saturated heterocycles. The molecule has 15 heavy (non-hydrogen) atoms. The zero-order chi connectivity index (χ0) is 10.8. The van der Waals surface area contributed by atoms with Crippen LogP contribution in [0.3, 0.4) is 0 Å². The van der Waals surface area contributed by atoms with Crippen molar-refractivity contribution in [2.45, 2.75) is 49.7 Å². The highest BCUT2D eigenvalue weighted by atomic mass is 35.5. The van der Waals surface area contributed by atoms with E-state index in [-0.39, 0.29) is 30.2 Å². The summed E-state index contributed by atoms with van der Waals surface area (Å²) in [5.41, 5.74) is 0. The molecule has 3 fully saturated rings. The minimum Gasteiger partial charge on any atom is -0.458 e. The number of esters is 1. The second-order valence-electron chi connectivity index (χ2n) is 4.84. The van der Waals surface area contributed by atoms with E-state index in [1.54, 1.807) is 0 Å². The fraction of sp³-hybridized carbons (Fsp3) is 0.900. The normalized spacial score (nSPS) is 51.4. The van der Waals surface area contributed by atoms with Crippen LogP contribution in [-0.2, 0) is 19.0 Å². The van der Waals surface area contributed by atoms with Crippen LogP contribution in [-0.4, -0.2) is 35.4 Å². The minimum absolute atomic E-state index is 0.0179. The number of carbonyl (C=O) groups is 1. The maximum absolute atomic E-state index is 11.3. The highest BCUT2D eigenvalue weighted by Crippen LogP contribution is 2.47. The Balaban J connectivity index is 1.83. The molecular formula is C10H13ClO4. The summed E-state index contributed by atoms with van der Waals surface area (Å²) in [6.07, 6.45) is 0.410. The molecule has 3 unspecified atom stereocenters. The number of ether oxygens (including phenoxy) is 3. The second kappa shape index (κ2) is 2.87. The summed E-state index contributed by atoms with van der Waals surface area (Å²) in [6.45, 7) is 3.74. The molecule has 2 heterocycles. The van der Waals surface area contributed by atoms with Crippen molar-refractivity contribution in [3.05, 3.63) is 0 Å². The standard InChI is InChI=1S/C10H13ClO4/c1-10(2)14-5-3-4-6(11)9(12)13-7(4)8(5)15-10/h4-8H,3H2,1-2H3/t4?,5?,6-,7+,8?/m1/s1. The van der Waals surface area contributed by atoms with Crippen molar-refractivity contribution in [3.63, 3.8) is 0 Å². The Kier molecular flexibility index (Phi) is 1.89. The van der Waals surface area contributed by atoms with Crippen LogP contribution in [0.25, 0.3) is 0 Å².